The molecule has 1 aromatic rings. The lowest BCUT2D eigenvalue weighted by Gasteiger charge is -2.34. The molecular formula is C17H26N2O2. The Kier molecular flexibility index (Phi) is 3.40. The molecule has 1 fully saturated rings. The first-order valence-electron chi connectivity index (χ1n) is 7.97. The second kappa shape index (κ2) is 4.87. The minimum Gasteiger partial charge on any atom is -0.388 e. The number of aliphatic hydroxyl groups is 1. The van der Waals surface area contributed by atoms with Crippen LogP contribution in [0.4, 0.5) is 0 Å². The lowest BCUT2D eigenvalue weighted by Crippen LogP contribution is -2.35. The van der Waals surface area contributed by atoms with Gasteiger partial charge in [-0.15, -0.1) is 0 Å². The van der Waals surface area contributed by atoms with Gasteiger partial charge in [0, 0.05) is 23.0 Å². The normalized spacial score (nSPS) is 25.3. The molecule has 21 heavy (non-hydrogen) atoms. The van der Waals surface area contributed by atoms with E-state index in [2.05, 4.69) is 29.8 Å². The van der Waals surface area contributed by atoms with Gasteiger partial charge in [-0.1, -0.05) is 13.8 Å². The Morgan fingerprint density at radius 2 is 2.14 bits per heavy atom. The first kappa shape index (κ1) is 14.6. The van der Waals surface area contributed by atoms with Crippen molar-refractivity contribution in [1.82, 2.24) is 9.88 Å². The van der Waals surface area contributed by atoms with E-state index in [0.29, 0.717) is 6.04 Å². The van der Waals surface area contributed by atoms with Crippen molar-refractivity contribution in [3.63, 3.8) is 0 Å². The van der Waals surface area contributed by atoms with E-state index < -0.39 is 6.10 Å². The lowest BCUT2D eigenvalue weighted by molar-refractivity contribution is -0.124. The van der Waals surface area contributed by atoms with Crippen molar-refractivity contribution in [2.45, 2.75) is 71.6 Å². The van der Waals surface area contributed by atoms with Crippen molar-refractivity contribution in [2.24, 2.45) is 5.41 Å². The third-order valence-electron chi connectivity index (χ3n) is 4.81. The van der Waals surface area contributed by atoms with Crippen LogP contribution in [0, 0.1) is 12.3 Å². The Balaban J connectivity index is 1.93. The fourth-order valence-electron chi connectivity index (χ4n) is 3.57. The molecule has 1 aromatic heterocycles. The Morgan fingerprint density at radius 3 is 2.76 bits per heavy atom. The van der Waals surface area contributed by atoms with E-state index in [0.717, 1.165) is 42.6 Å². The Labute approximate surface area is 126 Å². The molecule has 0 aliphatic heterocycles. The van der Waals surface area contributed by atoms with E-state index in [1.165, 1.54) is 0 Å². The first-order chi connectivity index (χ1) is 9.78. The summed E-state index contributed by atoms with van der Waals surface area (Å²) in [6.07, 6.45) is 3.49. The largest absolute Gasteiger partial charge is 0.388 e. The van der Waals surface area contributed by atoms with Crippen molar-refractivity contribution in [1.29, 1.82) is 0 Å². The predicted molar refractivity (Wildman–Crippen MR) is 82.1 cm³/mol. The zero-order valence-corrected chi connectivity index (χ0v) is 13.4. The molecule has 1 amide bonds. The number of hydrogen-bond acceptors (Lipinski definition) is 2. The standard InChI is InChI=1S/C17H26N2O2/c1-10-7-13-14(8-17(3,4)9-15(13)20)19(10)11(2)16(21)18-12-5-6-12/h7,11-12,15,20H,5-6,8-9H2,1-4H3,(H,18,21). The number of carbonyl (C=O) groups excluding carboxylic acids is 1. The molecule has 2 N–H and O–H groups in total. The van der Waals surface area contributed by atoms with Gasteiger partial charge in [-0.05, 0) is 51.0 Å². The van der Waals surface area contributed by atoms with Gasteiger partial charge in [0.05, 0.1) is 6.10 Å². The van der Waals surface area contributed by atoms with E-state index in [1.807, 2.05) is 13.8 Å². The molecule has 0 aromatic carbocycles. The molecule has 1 saturated carbocycles. The van der Waals surface area contributed by atoms with Gasteiger partial charge in [0.1, 0.15) is 6.04 Å². The molecule has 2 aliphatic carbocycles. The highest BCUT2D eigenvalue weighted by atomic mass is 16.3. The van der Waals surface area contributed by atoms with Crippen LogP contribution in [-0.2, 0) is 11.2 Å². The smallest absolute Gasteiger partial charge is 0.242 e. The van der Waals surface area contributed by atoms with Crippen LogP contribution in [0.2, 0.25) is 0 Å². The summed E-state index contributed by atoms with van der Waals surface area (Å²) in [5, 5.41) is 13.5. The molecule has 4 heteroatoms. The number of aryl methyl sites for hydroxylation is 1. The SMILES string of the molecule is Cc1cc2c(n1C(C)C(=O)NC1CC1)CC(C)(C)CC2O. The Hall–Kier alpha value is -1.29. The second-order valence-electron chi connectivity index (χ2n) is 7.58. The van der Waals surface area contributed by atoms with Gasteiger partial charge in [0.15, 0.2) is 0 Å². The maximum atomic E-state index is 12.4. The number of carbonyl (C=O) groups is 1. The molecule has 116 valence electrons. The van der Waals surface area contributed by atoms with Crippen molar-refractivity contribution in [2.75, 3.05) is 0 Å². The number of fused-ring (bicyclic) bond motifs is 1. The molecule has 0 radical (unpaired) electrons. The van der Waals surface area contributed by atoms with Crippen molar-refractivity contribution < 1.29 is 9.90 Å². The van der Waals surface area contributed by atoms with Gasteiger partial charge >= 0.3 is 0 Å². The average molecular weight is 290 g/mol. The van der Waals surface area contributed by atoms with E-state index in [-0.39, 0.29) is 17.4 Å². The molecule has 4 nitrogen and oxygen atoms in total. The minimum atomic E-state index is -0.414. The van der Waals surface area contributed by atoms with Gasteiger partial charge in [0.25, 0.3) is 0 Å². The third kappa shape index (κ3) is 2.73. The van der Waals surface area contributed by atoms with Crippen LogP contribution in [0.3, 0.4) is 0 Å². The summed E-state index contributed by atoms with van der Waals surface area (Å²) in [7, 11) is 0. The Bertz CT molecular complexity index is 570. The fraction of sp³-hybridized carbons (Fsp3) is 0.706. The number of nitrogens with zero attached hydrogens (tertiary/aromatic N) is 1. The number of hydrogen-bond donors (Lipinski definition) is 2. The topological polar surface area (TPSA) is 54.3 Å². The summed E-state index contributed by atoms with van der Waals surface area (Å²) in [4.78, 5) is 12.4. The first-order valence-corrected chi connectivity index (χ1v) is 7.97. The van der Waals surface area contributed by atoms with E-state index in [9.17, 15) is 9.90 Å². The molecule has 0 saturated heterocycles. The van der Waals surface area contributed by atoms with Crippen LogP contribution in [0.25, 0.3) is 0 Å². The van der Waals surface area contributed by atoms with E-state index in [4.69, 9.17) is 0 Å². The average Bonchev–Trinajstić information content (AvgIpc) is 3.10. The summed E-state index contributed by atoms with van der Waals surface area (Å²) in [5.74, 6) is 0.0943. The Morgan fingerprint density at radius 1 is 1.48 bits per heavy atom. The maximum Gasteiger partial charge on any atom is 0.242 e. The third-order valence-corrected chi connectivity index (χ3v) is 4.81. The van der Waals surface area contributed by atoms with Crippen LogP contribution >= 0.6 is 0 Å². The number of nitrogens with one attached hydrogen (secondary N) is 1. The highest BCUT2D eigenvalue weighted by Gasteiger charge is 2.36. The van der Waals surface area contributed by atoms with Crippen LogP contribution < -0.4 is 5.32 Å². The van der Waals surface area contributed by atoms with Crippen molar-refractivity contribution >= 4 is 5.91 Å². The minimum absolute atomic E-state index is 0.0711. The van der Waals surface area contributed by atoms with Gasteiger partial charge in [-0.25, -0.2) is 0 Å². The monoisotopic (exact) mass is 290 g/mol. The highest BCUT2D eigenvalue weighted by molar-refractivity contribution is 5.80. The molecule has 2 aliphatic rings. The van der Waals surface area contributed by atoms with Crippen LogP contribution in [0.15, 0.2) is 6.07 Å². The zero-order chi connectivity index (χ0) is 15.4. The number of aromatic nitrogens is 1. The lowest BCUT2D eigenvalue weighted by atomic mass is 9.75. The summed E-state index contributed by atoms with van der Waals surface area (Å²) in [5.41, 5.74) is 3.28. The number of amides is 1. The maximum absolute atomic E-state index is 12.4. The number of rotatable bonds is 3. The summed E-state index contributed by atoms with van der Waals surface area (Å²) in [6, 6.07) is 2.22. The van der Waals surface area contributed by atoms with E-state index >= 15 is 0 Å². The molecule has 3 rings (SSSR count). The van der Waals surface area contributed by atoms with Crippen molar-refractivity contribution in [3.8, 4) is 0 Å². The predicted octanol–water partition coefficient (Wildman–Crippen LogP) is 2.64. The van der Waals surface area contributed by atoms with Crippen LogP contribution in [0.5, 0.6) is 0 Å². The van der Waals surface area contributed by atoms with Crippen LogP contribution in [0.1, 0.15) is 69.1 Å². The summed E-state index contributed by atoms with van der Waals surface area (Å²) < 4.78 is 2.12. The summed E-state index contributed by atoms with van der Waals surface area (Å²) in [6.45, 7) is 8.35. The number of aliphatic hydroxyl groups excluding tert-OH is 1. The van der Waals surface area contributed by atoms with Crippen LogP contribution in [-0.4, -0.2) is 21.6 Å². The molecule has 1 heterocycles. The molecule has 2 unspecified atom stereocenters. The van der Waals surface area contributed by atoms with Gasteiger partial charge in [-0.2, -0.15) is 0 Å². The molecule has 2 atom stereocenters. The second-order valence-corrected chi connectivity index (χ2v) is 7.58. The van der Waals surface area contributed by atoms with E-state index in [1.54, 1.807) is 0 Å². The van der Waals surface area contributed by atoms with Gasteiger partial charge < -0.3 is 15.0 Å². The molecule has 0 spiro atoms. The van der Waals surface area contributed by atoms with Gasteiger partial charge in [0.2, 0.25) is 5.91 Å². The van der Waals surface area contributed by atoms with Crippen molar-refractivity contribution in [3.05, 3.63) is 23.0 Å². The zero-order valence-electron chi connectivity index (χ0n) is 13.4. The molecule has 0 bridgehead atoms. The molecular weight excluding hydrogens is 264 g/mol. The fourth-order valence-corrected chi connectivity index (χ4v) is 3.57. The summed E-state index contributed by atoms with van der Waals surface area (Å²) >= 11 is 0. The quantitative estimate of drug-likeness (QED) is 0.899. The van der Waals surface area contributed by atoms with Gasteiger partial charge in [-0.3, -0.25) is 4.79 Å². The highest BCUT2D eigenvalue weighted by Crippen LogP contribution is 2.42.